The molecule has 2 N–H and O–H groups in total. The van der Waals surface area contributed by atoms with Gasteiger partial charge < -0.3 is 10.1 Å². The number of carbonyl (C=O) groups excluding carboxylic acids is 2. The average molecular weight is 375 g/mol. The molecular formula is C15H19ClN2O5S. The van der Waals surface area contributed by atoms with E-state index >= 15 is 0 Å². The largest absolute Gasteiger partial charge is 0.452 e. The number of ether oxygens (including phenoxy) is 1. The summed E-state index contributed by atoms with van der Waals surface area (Å²) in [6.07, 6.45) is 2.17. The first-order valence-corrected chi connectivity index (χ1v) is 9.30. The molecule has 0 aliphatic heterocycles. The second-order valence-electron chi connectivity index (χ2n) is 5.62. The first kappa shape index (κ1) is 18.7. The van der Waals surface area contributed by atoms with E-state index in [0.29, 0.717) is 5.92 Å². The lowest BCUT2D eigenvalue weighted by atomic mass is 10.2. The molecule has 0 bridgehead atoms. The van der Waals surface area contributed by atoms with Gasteiger partial charge in [0.15, 0.2) is 6.61 Å². The van der Waals surface area contributed by atoms with Crippen molar-refractivity contribution in [3.63, 3.8) is 0 Å². The van der Waals surface area contributed by atoms with Gasteiger partial charge in [0.25, 0.3) is 5.91 Å². The van der Waals surface area contributed by atoms with Crippen molar-refractivity contribution in [1.82, 2.24) is 10.0 Å². The standard InChI is InChI=1S/C15H19ClN2O5S/c1-9(10-3-4-10)18-14(19)8-23-15(20)12-7-11(5-6-13(12)16)24(21,22)17-2/h5-7,9-10,17H,3-4,8H2,1-2H3,(H,18,19). The van der Waals surface area contributed by atoms with E-state index in [2.05, 4.69) is 10.0 Å². The van der Waals surface area contributed by atoms with E-state index in [9.17, 15) is 18.0 Å². The van der Waals surface area contributed by atoms with Crippen molar-refractivity contribution < 1.29 is 22.7 Å². The summed E-state index contributed by atoms with van der Waals surface area (Å²) in [7, 11) is -2.46. The Morgan fingerprint density at radius 2 is 2.04 bits per heavy atom. The average Bonchev–Trinajstić information content (AvgIpc) is 3.37. The molecule has 1 atom stereocenters. The van der Waals surface area contributed by atoms with Crippen LogP contribution in [0.5, 0.6) is 0 Å². The smallest absolute Gasteiger partial charge is 0.340 e. The molecular weight excluding hydrogens is 356 g/mol. The molecule has 1 saturated carbocycles. The Morgan fingerprint density at radius 3 is 2.62 bits per heavy atom. The van der Waals surface area contributed by atoms with E-state index in [1.807, 2.05) is 6.92 Å². The number of amides is 1. The predicted molar refractivity (Wildman–Crippen MR) is 88.3 cm³/mol. The monoisotopic (exact) mass is 374 g/mol. The Balaban J connectivity index is 2.01. The summed E-state index contributed by atoms with van der Waals surface area (Å²) >= 11 is 5.92. The molecule has 1 aliphatic carbocycles. The molecule has 1 aromatic rings. The molecule has 2 rings (SSSR count). The lowest BCUT2D eigenvalue weighted by Gasteiger charge is -2.13. The maximum Gasteiger partial charge on any atom is 0.340 e. The molecule has 0 heterocycles. The maximum atomic E-state index is 12.1. The van der Waals surface area contributed by atoms with Crippen molar-refractivity contribution in [2.45, 2.75) is 30.7 Å². The summed E-state index contributed by atoms with van der Waals surface area (Å²) in [5.74, 6) is -0.775. The number of sulfonamides is 1. The van der Waals surface area contributed by atoms with E-state index in [1.54, 1.807) is 0 Å². The van der Waals surface area contributed by atoms with E-state index < -0.39 is 28.5 Å². The fourth-order valence-electron chi connectivity index (χ4n) is 2.16. The highest BCUT2D eigenvalue weighted by atomic mass is 35.5. The zero-order valence-electron chi connectivity index (χ0n) is 13.3. The normalized spacial score (nSPS) is 15.6. The summed E-state index contributed by atoms with van der Waals surface area (Å²) in [6.45, 7) is 1.45. The van der Waals surface area contributed by atoms with Crippen molar-refractivity contribution in [1.29, 1.82) is 0 Å². The molecule has 0 aromatic heterocycles. The third-order valence-corrected chi connectivity index (χ3v) is 5.53. The summed E-state index contributed by atoms with van der Waals surface area (Å²) in [5, 5.41) is 2.80. The number of hydrogen-bond acceptors (Lipinski definition) is 5. The Hall–Kier alpha value is -1.64. The van der Waals surface area contributed by atoms with Gasteiger partial charge in [-0.05, 0) is 50.9 Å². The van der Waals surface area contributed by atoms with E-state index in [0.717, 1.165) is 18.9 Å². The molecule has 7 nitrogen and oxygen atoms in total. The van der Waals surface area contributed by atoms with Crippen LogP contribution in [0.2, 0.25) is 5.02 Å². The van der Waals surface area contributed by atoms with Crippen LogP contribution in [0.15, 0.2) is 23.1 Å². The van der Waals surface area contributed by atoms with Gasteiger partial charge >= 0.3 is 5.97 Å². The Labute approximate surface area is 145 Å². The number of carbonyl (C=O) groups is 2. The number of benzene rings is 1. The highest BCUT2D eigenvalue weighted by molar-refractivity contribution is 7.89. The van der Waals surface area contributed by atoms with Gasteiger partial charge in [-0.3, -0.25) is 4.79 Å². The molecule has 1 aliphatic rings. The zero-order chi connectivity index (χ0) is 17.9. The van der Waals surface area contributed by atoms with Crippen LogP contribution >= 0.6 is 11.6 Å². The molecule has 1 aromatic carbocycles. The third-order valence-electron chi connectivity index (χ3n) is 3.79. The second kappa shape index (κ2) is 7.50. The third kappa shape index (κ3) is 4.68. The van der Waals surface area contributed by atoms with Crippen molar-refractivity contribution in [3.05, 3.63) is 28.8 Å². The number of rotatable bonds is 7. The van der Waals surface area contributed by atoms with E-state index in [4.69, 9.17) is 16.3 Å². The fraction of sp³-hybridized carbons (Fsp3) is 0.467. The van der Waals surface area contributed by atoms with Crippen LogP contribution in [-0.2, 0) is 19.6 Å². The minimum Gasteiger partial charge on any atom is -0.452 e. The van der Waals surface area contributed by atoms with Crippen molar-refractivity contribution in [3.8, 4) is 0 Å². The molecule has 24 heavy (non-hydrogen) atoms. The summed E-state index contributed by atoms with van der Waals surface area (Å²) in [4.78, 5) is 23.7. The zero-order valence-corrected chi connectivity index (χ0v) is 14.9. The summed E-state index contributed by atoms with van der Waals surface area (Å²) < 4.78 is 30.6. The van der Waals surface area contributed by atoms with Crippen molar-refractivity contribution in [2.75, 3.05) is 13.7 Å². The van der Waals surface area contributed by atoms with Gasteiger partial charge in [0.05, 0.1) is 15.5 Å². The SMILES string of the molecule is CNS(=O)(=O)c1ccc(Cl)c(C(=O)OCC(=O)NC(C)C2CC2)c1. The van der Waals surface area contributed by atoms with Crippen LogP contribution in [0, 0.1) is 5.92 Å². The predicted octanol–water partition coefficient (Wildman–Crippen LogP) is 1.32. The first-order chi connectivity index (χ1) is 11.2. The highest BCUT2D eigenvalue weighted by Crippen LogP contribution is 2.32. The summed E-state index contributed by atoms with van der Waals surface area (Å²) in [6, 6.07) is 3.72. The van der Waals surface area contributed by atoms with Crippen LogP contribution in [-0.4, -0.2) is 40.0 Å². The quantitative estimate of drug-likeness (QED) is 0.701. The molecule has 1 unspecified atom stereocenters. The van der Waals surface area contributed by atoms with Crippen LogP contribution in [0.1, 0.15) is 30.1 Å². The van der Waals surface area contributed by atoms with Gasteiger partial charge in [-0.2, -0.15) is 0 Å². The topological polar surface area (TPSA) is 102 Å². The molecule has 9 heteroatoms. The molecule has 0 saturated heterocycles. The van der Waals surface area contributed by atoms with Gasteiger partial charge in [0, 0.05) is 6.04 Å². The van der Waals surface area contributed by atoms with E-state index in [1.165, 1.54) is 19.2 Å². The van der Waals surface area contributed by atoms with Crippen LogP contribution in [0.3, 0.4) is 0 Å². The van der Waals surface area contributed by atoms with Gasteiger partial charge in [0.2, 0.25) is 10.0 Å². The Bertz CT molecular complexity index is 746. The fourth-order valence-corrected chi connectivity index (χ4v) is 3.11. The van der Waals surface area contributed by atoms with E-state index in [-0.39, 0.29) is 21.5 Å². The van der Waals surface area contributed by atoms with Crippen molar-refractivity contribution >= 4 is 33.5 Å². The Morgan fingerprint density at radius 1 is 1.38 bits per heavy atom. The lowest BCUT2D eigenvalue weighted by molar-refractivity contribution is -0.124. The second-order valence-corrected chi connectivity index (χ2v) is 7.91. The summed E-state index contributed by atoms with van der Waals surface area (Å²) in [5.41, 5.74) is -0.115. The first-order valence-electron chi connectivity index (χ1n) is 7.44. The minimum absolute atomic E-state index is 0.0433. The molecule has 0 spiro atoms. The molecule has 1 amide bonds. The van der Waals surface area contributed by atoms with Gasteiger partial charge in [0.1, 0.15) is 0 Å². The van der Waals surface area contributed by atoms with Crippen LogP contribution in [0.4, 0.5) is 0 Å². The molecule has 132 valence electrons. The van der Waals surface area contributed by atoms with Gasteiger partial charge in [-0.15, -0.1) is 0 Å². The number of esters is 1. The minimum atomic E-state index is -3.72. The van der Waals surface area contributed by atoms with Gasteiger partial charge in [-0.1, -0.05) is 11.6 Å². The highest BCUT2D eigenvalue weighted by Gasteiger charge is 2.29. The lowest BCUT2D eigenvalue weighted by Crippen LogP contribution is -2.37. The van der Waals surface area contributed by atoms with Crippen LogP contribution in [0.25, 0.3) is 0 Å². The maximum absolute atomic E-state index is 12.1. The number of nitrogens with one attached hydrogen (secondary N) is 2. The van der Waals surface area contributed by atoms with Crippen molar-refractivity contribution in [2.24, 2.45) is 5.92 Å². The van der Waals surface area contributed by atoms with Crippen LogP contribution < -0.4 is 10.0 Å². The number of halogens is 1. The number of hydrogen-bond donors (Lipinski definition) is 2. The van der Waals surface area contributed by atoms with Gasteiger partial charge in [-0.25, -0.2) is 17.9 Å². The molecule has 1 fully saturated rings. The molecule has 0 radical (unpaired) electrons. The Kier molecular flexibility index (Phi) is 5.84.